The highest BCUT2D eigenvalue weighted by Gasteiger charge is 1.93. The molecule has 0 aliphatic carbocycles. The van der Waals surface area contributed by atoms with Crippen molar-refractivity contribution in [2.24, 2.45) is 5.92 Å². The van der Waals surface area contributed by atoms with Gasteiger partial charge < -0.3 is 0 Å². The van der Waals surface area contributed by atoms with Crippen LogP contribution in [0.25, 0.3) is 0 Å². The van der Waals surface area contributed by atoms with Crippen LogP contribution in [0.4, 0.5) is 0 Å². The molecule has 0 heteroatoms. The largest absolute Gasteiger partial charge is 0.103 e. The molecule has 0 unspecified atom stereocenters. The van der Waals surface area contributed by atoms with Gasteiger partial charge in [0.2, 0.25) is 0 Å². The molecule has 0 bridgehead atoms. The first-order valence-corrected chi connectivity index (χ1v) is 10.0. The van der Waals surface area contributed by atoms with E-state index in [0.29, 0.717) is 0 Å². The summed E-state index contributed by atoms with van der Waals surface area (Å²) in [6.45, 7) is 8.34. The second-order valence-corrected chi connectivity index (χ2v) is 7.21. The Balaban J connectivity index is 3.02. The van der Waals surface area contributed by atoms with E-state index in [2.05, 4.69) is 32.6 Å². The van der Waals surface area contributed by atoms with Crippen molar-refractivity contribution in [1.29, 1.82) is 0 Å². The summed E-state index contributed by atoms with van der Waals surface area (Å²) in [6, 6.07) is 0. The molecular weight excluding hydrogens is 264 g/mol. The predicted molar refractivity (Wildman–Crippen MR) is 103 cm³/mol. The third kappa shape index (κ3) is 19.5. The number of hydrogen-bond donors (Lipinski definition) is 0. The zero-order chi connectivity index (χ0) is 16.3. The second-order valence-electron chi connectivity index (χ2n) is 7.21. The minimum Gasteiger partial charge on any atom is -0.103 e. The molecule has 0 spiro atoms. The van der Waals surface area contributed by atoms with Crippen LogP contribution >= 0.6 is 0 Å². The third-order valence-corrected chi connectivity index (χ3v) is 4.30. The van der Waals surface area contributed by atoms with Crippen molar-refractivity contribution < 1.29 is 0 Å². The fourth-order valence-corrected chi connectivity index (χ4v) is 2.80. The van der Waals surface area contributed by atoms with E-state index in [1.165, 1.54) is 96.3 Å². The van der Waals surface area contributed by atoms with E-state index >= 15 is 0 Å². The van der Waals surface area contributed by atoms with Crippen LogP contribution in [0.1, 0.15) is 110 Å². The van der Waals surface area contributed by atoms with Crippen LogP contribution in [0.5, 0.6) is 0 Å². The van der Waals surface area contributed by atoms with Gasteiger partial charge in [0.05, 0.1) is 0 Å². The van der Waals surface area contributed by atoms with E-state index in [9.17, 15) is 0 Å². The molecule has 0 amide bonds. The van der Waals surface area contributed by atoms with Gasteiger partial charge in [0.1, 0.15) is 0 Å². The highest BCUT2D eigenvalue weighted by Crippen LogP contribution is 2.13. The SMILES string of the molecule is C=CCCCCCCCCCCCCCCC=CCC(C)C. The van der Waals surface area contributed by atoms with E-state index in [1.807, 2.05) is 6.08 Å². The summed E-state index contributed by atoms with van der Waals surface area (Å²) in [4.78, 5) is 0. The molecule has 0 radical (unpaired) electrons. The standard InChI is InChI=1S/C22H42/c1-4-5-6-7-8-9-10-11-12-13-14-15-16-17-18-19-20-21-22(2)3/h4,19-20,22H,1,5-18,21H2,2-3H3. The van der Waals surface area contributed by atoms with E-state index in [0.717, 1.165) is 5.92 Å². The molecule has 0 heterocycles. The van der Waals surface area contributed by atoms with Crippen LogP contribution in [-0.4, -0.2) is 0 Å². The number of allylic oxidation sites excluding steroid dienone is 3. The van der Waals surface area contributed by atoms with Gasteiger partial charge in [0, 0.05) is 0 Å². The topological polar surface area (TPSA) is 0 Å². The summed E-state index contributed by atoms with van der Waals surface area (Å²) < 4.78 is 0. The van der Waals surface area contributed by atoms with E-state index in [-0.39, 0.29) is 0 Å². The average molecular weight is 307 g/mol. The van der Waals surface area contributed by atoms with Crippen molar-refractivity contribution in [3.05, 3.63) is 24.8 Å². The Kier molecular flexibility index (Phi) is 18.1. The lowest BCUT2D eigenvalue weighted by atomic mass is 10.0. The Hall–Kier alpha value is -0.520. The second kappa shape index (κ2) is 18.5. The molecule has 0 atom stereocenters. The summed E-state index contributed by atoms with van der Waals surface area (Å²) >= 11 is 0. The first-order valence-electron chi connectivity index (χ1n) is 10.0. The van der Waals surface area contributed by atoms with Crippen molar-refractivity contribution in [1.82, 2.24) is 0 Å². The molecule has 0 aliphatic heterocycles. The van der Waals surface area contributed by atoms with Crippen LogP contribution < -0.4 is 0 Å². The van der Waals surface area contributed by atoms with Crippen LogP contribution in [0.15, 0.2) is 24.8 Å². The molecule has 0 saturated carbocycles. The highest BCUT2D eigenvalue weighted by atomic mass is 14.0. The lowest BCUT2D eigenvalue weighted by Crippen LogP contribution is -1.83. The monoisotopic (exact) mass is 306 g/mol. The van der Waals surface area contributed by atoms with Gasteiger partial charge in [-0.15, -0.1) is 6.58 Å². The Labute approximate surface area is 141 Å². The van der Waals surface area contributed by atoms with Crippen molar-refractivity contribution in [2.75, 3.05) is 0 Å². The summed E-state index contributed by atoms with van der Waals surface area (Å²) in [7, 11) is 0. The van der Waals surface area contributed by atoms with E-state index in [4.69, 9.17) is 0 Å². The van der Waals surface area contributed by atoms with Gasteiger partial charge in [-0.25, -0.2) is 0 Å². The third-order valence-electron chi connectivity index (χ3n) is 4.30. The van der Waals surface area contributed by atoms with Gasteiger partial charge in [0.25, 0.3) is 0 Å². The zero-order valence-corrected chi connectivity index (χ0v) is 15.6. The van der Waals surface area contributed by atoms with Gasteiger partial charge in [-0.2, -0.15) is 0 Å². The normalized spacial score (nSPS) is 11.6. The van der Waals surface area contributed by atoms with Gasteiger partial charge >= 0.3 is 0 Å². The first kappa shape index (κ1) is 21.5. The van der Waals surface area contributed by atoms with Crippen LogP contribution in [0.3, 0.4) is 0 Å². The highest BCUT2D eigenvalue weighted by molar-refractivity contribution is 4.82. The molecule has 0 saturated heterocycles. The molecule has 0 rings (SSSR count). The quantitative estimate of drug-likeness (QED) is 0.187. The van der Waals surface area contributed by atoms with Crippen molar-refractivity contribution in [3.8, 4) is 0 Å². The maximum Gasteiger partial charge on any atom is -0.0327 e. The first-order chi connectivity index (χ1) is 10.8. The molecule has 0 aromatic carbocycles. The van der Waals surface area contributed by atoms with Crippen molar-refractivity contribution >= 4 is 0 Å². The average Bonchev–Trinajstić information content (AvgIpc) is 2.50. The maximum absolute atomic E-state index is 3.77. The molecule has 0 aromatic rings. The van der Waals surface area contributed by atoms with Crippen LogP contribution in [0.2, 0.25) is 0 Å². The van der Waals surface area contributed by atoms with Crippen molar-refractivity contribution in [3.63, 3.8) is 0 Å². The van der Waals surface area contributed by atoms with Crippen LogP contribution in [-0.2, 0) is 0 Å². The summed E-state index contributed by atoms with van der Waals surface area (Å²) in [6.07, 6.45) is 27.7. The smallest absolute Gasteiger partial charge is 0.0327 e. The minimum atomic E-state index is 0.809. The molecule has 22 heavy (non-hydrogen) atoms. The lowest BCUT2D eigenvalue weighted by Gasteiger charge is -2.02. The van der Waals surface area contributed by atoms with Crippen molar-refractivity contribution in [2.45, 2.75) is 110 Å². The van der Waals surface area contributed by atoms with Gasteiger partial charge in [-0.3, -0.25) is 0 Å². The van der Waals surface area contributed by atoms with E-state index < -0.39 is 0 Å². The summed E-state index contributed by atoms with van der Waals surface area (Å²) in [5.74, 6) is 0.809. The van der Waals surface area contributed by atoms with Gasteiger partial charge in [-0.05, 0) is 38.0 Å². The molecule has 0 aromatic heterocycles. The fourth-order valence-electron chi connectivity index (χ4n) is 2.80. The molecule has 0 aliphatic rings. The Bertz CT molecular complexity index is 236. The molecule has 0 nitrogen and oxygen atoms in total. The molecular formula is C22H42. The molecule has 0 fully saturated rings. The Morgan fingerprint density at radius 3 is 1.41 bits per heavy atom. The Morgan fingerprint density at radius 2 is 1.00 bits per heavy atom. The number of hydrogen-bond acceptors (Lipinski definition) is 0. The Morgan fingerprint density at radius 1 is 0.591 bits per heavy atom. The maximum atomic E-state index is 3.77. The summed E-state index contributed by atoms with van der Waals surface area (Å²) in [5.41, 5.74) is 0. The summed E-state index contributed by atoms with van der Waals surface area (Å²) in [5, 5.41) is 0. The van der Waals surface area contributed by atoms with Crippen LogP contribution in [0, 0.1) is 5.92 Å². The molecule has 130 valence electrons. The molecule has 0 N–H and O–H groups in total. The number of rotatable bonds is 17. The van der Waals surface area contributed by atoms with E-state index in [1.54, 1.807) is 0 Å². The number of unbranched alkanes of at least 4 members (excludes halogenated alkanes) is 13. The fraction of sp³-hybridized carbons (Fsp3) is 0.818. The zero-order valence-electron chi connectivity index (χ0n) is 15.6. The lowest BCUT2D eigenvalue weighted by molar-refractivity contribution is 0.542. The predicted octanol–water partition coefficient (Wildman–Crippen LogP) is 8.24. The van der Waals surface area contributed by atoms with Gasteiger partial charge in [-0.1, -0.05) is 96.3 Å². The van der Waals surface area contributed by atoms with Gasteiger partial charge in [0.15, 0.2) is 0 Å². The minimum absolute atomic E-state index is 0.809.